The average Bonchev–Trinajstić information content (AvgIpc) is 2.77. The predicted octanol–water partition coefficient (Wildman–Crippen LogP) is 1.35. The largest absolute Gasteiger partial charge is 0.378 e. The van der Waals surface area contributed by atoms with Gasteiger partial charge in [0, 0.05) is 36.3 Å². The van der Waals surface area contributed by atoms with Gasteiger partial charge in [0.15, 0.2) is 5.78 Å². The topological polar surface area (TPSA) is 43.3 Å². The molecule has 1 aromatic carbocycles. The van der Waals surface area contributed by atoms with E-state index in [1.165, 1.54) is 0 Å². The molecule has 3 rings (SSSR count). The number of para-hydroxylation sites is 1. The maximum Gasteiger partial charge on any atom is 0.184 e. The zero-order chi connectivity index (χ0) is 12.5. The average molecular weight is 244 g/mol. The van der Waals surface area contributed by atoms with Crippen molar-refractivity contribution in [2.45, 2.75) is 6.04 Å². The minimum absolute atomic E-state index is 0.117. The second-order valence-electron chi connectivity index (χ2n) is 4.62. The number of nitrogens with one attached hydrogen (secondary N) is 1. The van der Waals surface area contributed by atoms with Gasteiger partial charge in [0.2, 0.25) is 0 Å². The molecule has 1 unspecified atom stereocenters. The monoisotopic (exact) mass is 244 g/mol. The molecule has 1 N–H and O–H groups in total. The van der Waals surface area contributed by atoms with Gasteiger partial charge in [0.25, 0.3) is 0 Å². The number of nitrogens with zero attached hydrogens (tertiary/aromatic N) is 1. The lowest BCUT2D eigenvalue weighted by Crippen LogP contribution is -2.46. The summed E-state index contributed by atoms with van der Waals surface area (Å²) in [4.78, 5) is 12.5. The molecule has 0 amide bonds. The fourth-order valence-electron chi connectivity index (χ4n) is 2.46. The van der Waals surface area contributed by atoms with Crippen LogP contribution in [0.25, 0.3) is 10.9 Å². The van der Waals surface area contributed by atoms with Crippen LogP contribution in [0.15, 0.2) is 30.5 Å². The van der Waals surface area contributed by atoms with Crippen LogP contribution < -0.4 is 5.32 Å². The van der Waals surface area contributed by atoms with Crippen molar-refractivity contribution in [3.8, 4) is 0 Å². The Kier molecular flexibility index (Phi) is 2.89. The van der Waals surface area contributed by atoms with Gasteiger partial charge in [-0.2, -0.15) is 0 Å². The van der Waals surface area contributed by atoms with E-state index in [1.807, 2.05) is 42.1 Å². The van der Waals surface area contributed by atoms with E-state index in [-0.39, 0.29) is 11.8 Å². The van der Waals surface area contributed by atoms with Crippen molar-refractivity contribution in [1.82, 2.24) is 9.88 Å². The minimum atomic E-state index is -0.218. The van der Waals surface area contributed by atoms with E-state index in [9.17, 15) is 4.79 Å². The number of ketones is 1. The Bertz CT molecular complexity index is 582. The summed E-state index contributed by atoms with van der Waals surface area (Å²) < 4.78 is 7.35. The van der Waals surface area contributed by atoms with Crippen LogP contribution in [0, 0.1) is 0 Å². The van der Waals surface area contributed by atoms with Crippen LogP contribution in [-0.4, -0.2) is 36.2 Å². The molecule has 0 bridgehead atoms. The predicted molar refractivity (Wildman–Crippen MR) is 69.9 cm³/mol. The normalized spacial score (nSPS) is 20.2. The first-order chi connectivity index (χ1) is 8.77. The Hall–Kier alpha value is -1.65. The molecule has 18 heavy (non-hydrogen) atoms. The van der Waals surface area contributed by atoms with Gasteiger partial charge in [-0.1, -0.05) is 18.2 Å². The summed E-state index contributed by atoms with van der Waals surface area (Å²) in [6, 6.07) is 7.75. The molecular weight excluding hydrogens is 228 g/mol. The summed E-state index contributed by atoms with van der Waals surface area (Å²) >= 11 is 0. The fourth-order valence-corrected chi connectivity index (χ4v) is 2.46. The number of fused-ring (bicyclic) bond motifs is 1. The number of hydrogen-bond acceptors (Lipinski definition) is 3. The standard InChI is InChI=1S/C14H16N2O2/c1-16-8-11(10-4-2-3-5-13(10)16)14(17)12-9-18-7-6-15-12/h2-5,8,12,15H,6-7,9H2,1H3. The Morgan fingerprint density at radius 3 is 3.06 bits per heavy atom. The number of benzene rings is 1. The summed E-state index contributed by atoms with van der Waals surface area (Å²) in [5.74, 6) is 0.117. The van der Waals surface area contributed by atoms with Crippen LogP contribution in [0.4, 0.5) is 0 Å². The molecule has 0 saturated carbocycles. The number of ether oxygens (including phenoxy) is 1. The molecule has 0 radical (unpaired) electrons. The molecule has 2 aromatic rings. The van der Waals surface area contributed by atoms with Crippen LogP contribution >= 0.6 is 0 Å². The van der Waals surface area contributed by atoms with Crippen LogP contribution in [0.1, 0.15) is 10.4 Å². The van der Waals surface area contributed by atoms with E-state index < -0.39 is 0 Å². The van der Waals surface area contributed by atoms with E-state index in [2.05, 4.69) is 5.32 Å². The number of aromatic nitrogens is 1. The van der Waals surface area contributed by atoms with Crippen molar-refractivity contribution in [2.24, 2.45) is 7.05 Å². The van der Waals surface area contributed by atoms with Gasteiger partial charge < -0.3 is 14.6 Å². The quantitative estimate of drug-likeness (QED) is 0.811. The molecule has 1 aromatic heterocycles. The highest BCUT2D eigenvalue weighted by molar-refractivity contribution is 6.10. The SMILES string of the molecule is Cn1cc(C(=O)C2COCCN2)c2ccccc21. The fraction of sp³-hybridized carbons (Fsp3) is 0.357. The van der Waals surface area contributed by atoms with Crippen molar-refractivity contribution in [3.63, 3.8) is 0 Å². The second-order valence-corrected chi connectivity index (χ2v) is 4.62. The van der Waals surface area contributed by atoms with Gasteiger partial charge in [-0.3, -0.25) is 4.79 Å². The zero-order valence-electron chi connectivity index (χ0n) is 10.3. The molecular formula is C14H16N2O2. The molecule has 1 aliphatic heterocycles. The lowest BCUT2D eigenvalue weighted by Gasteiger charge is -2.22. The summed E-state index contributed by atoms with van der Waals surface area (Å²) in [5, 5.41) is 4.22. The number of rotatable bonds is 2. The van der Waals surface area contributed by atoms with Crippen LogP contribution in [0.3, 0.4) is 0 Å². The first kappa shape index (κ1) is 11.4. The third-order valence-electron chi connectivity index (χ3n) is 3.40. The van der Waals surface area contributed by atoms with E-state index in [4.69, 9.17) is 4.74 Å². The van der Waals surface area contributed by atoms with Gasteiger partial charge in [0.1, 0.15) is 0 Å². The van der Waals surface area contributed by atoms with E-state index in [0.29, 0.717) is 13.2 Å². The van der Waals surface area contributed by atoms with Gasteiger partial charge >= 0.3 is 0 Å². The Balaban J connectivity index is 2.00. The van der Waals surface area contributed by atoms with Crippen molar-refractivity contribution in [2.75, 3.05) is 19.8 Å². The van der Waals surface area contributed by atoms with Crippen LogP contribution in [-0.2, 0) is 11.8 Å². The van der Waals surface area contributed by atoms with Gasteiger partial charge in [0.05, 0.1) is 19.3 Å². The molecule has 1 aliphatic rings. The molecule has 1 fully saturated rings. The summed E-state index contributed by atoms with van der Waals surface area (Å²) in [6.07, 6.45) is 1.91. The Morgan fingerprint density at radius 2 is 2.28 bits per heavy atom. The first-order valence-corrected chi connectivity index (χ1v) is 6.17. The highest BCUT2D eigenvalue weighted by Crippen LogP contribution is 2.21. The molecule has 0 spiro atoms. The van der Waals surface area contributed by atoms with Crippen LogP contribution in [0.5, 0.6) is 0 Å². The van der Waals surface area contributed by atoms with Crippen molar-refractivity contribution < 1.29 is 9.53 Å². The van der Waals surface area contributed by atoms with Crippen molar-refractivity contribution in [3.05, 3.63) is 36.0 Å². The molecule has 4 heteroatoms. The van der Waals surface area contributed by atoms with E-state index in [1.54, 1.807) is 0 Å². The number of Topliss-reactive ketones (excluding diaryl/α,β-unsaturated/α-hetero) is 1. The molecule has 1 saturated heterocycles. The lowest BCUT2D eigenvalue weighted by molar-refractivity contribution is 0.0608. The Morgan fingerprint density at radius 1 is 1.44 bits per heavy atom. The van der Waals surface area contributed by atoms with Gasteiger partial charge in [-0.05, 0) is 6.07 Å². The van der Waals surface area contributed by atoms with Gasteiger partial charge in [-0.25, -0.2) is 0 Å². The highest BCUT2D eigenvalue weighted by Gasteiger charge is 2.24. The number of morpholine rings is 1. The zero-order valence-corrected chi connectivity index (χ0v) is 10.3. The smallest absolute Gasteiger partial charge is 0.184 e. The number of carbonyl (C=O) groups excluding carboxylic acids is 1. The van der Waals surface area contributed by atoms with Crippen molar-refractivity contribution >= 4 is 16.7 Å². The number of carbonyl (C=O) groups is 1. The van der Waals surface area contributed by atoms with Crippen molar-refractivity contribution in [1.29, 1.82) is 0 Å². The van der Waals surface area contributed by atoms with Gasteiger partial charge in [-0.15, -0.1) is 0 Å². The third kappa shape index (κ3) is 1.83. The maximum atomic E-state index is 12.5. The number of hydrogen-bond donors (Lipinski definition) is 1. The molecule has 4 nitrogen and oxygen atoms in total. The van der Waals surface area contributed by atoms with E-state index >= 15 is 0 Å². The molecule has 1 atom stereocenters. The molecule has 2 heterocycles. The first-order valence-electron chi connectivity index (χ1n) is 6.17. The Labute approximate surface area is 106 Å². The minimum Gasteiger partial charge on any atom is -0.378 e. The molecule has 94 valence electrons. The summed E-state index contributed by atoms with van der Waals surface area (Å²) in [5.41, 5.74) is 1.86. The highest BCUT2D eigenvalue weighted by atomic mass is 16.5. The maximum absolute atomic E-state index is 12.5. The third-order valence-corrected chi connectivity index (χ3v) is 3.40. The number of aryl methyl sites for hydroxylation is 1. The lowest BCUT2D eigenvalue weighted by atomic mass is 10.0. The molecule has 0 aliphatic carbocycles. The van der Waals surface area contributed by atoms with Crippen LogP contribution in [0.2, 0.25) is 0 Å². The summed E-state index contributed by atoms with van der Waals surface area (Å²) in [7, 11) is 1.96. The summed E-state index contributed by atoms with van der Waals surface area (Å²) in [6.45, 7) is 1.88. The van der Waals surface area contributed by atoms with E-state index in [0.717, 1.165) is 23.0 Å². The second kappa shape index (κ2) is 4.55.